The number of fused-ring (bicyclic) bond motifs is 1. The number of nitrogens with one attached hydrogen (secondary N) is 1. The molecule has 7 heteroatoms. The molecule has 0 unspecified atom stereocenters. The van der Waals surface area contributed by atoms with Crippen LogP contribution in [-0.2, 0) is 9.59 Å². The third kappa shape index (κ3) is 3.71. The van der Waals surface area contributed by atoms with Gasteiger partial charge in [0, 0.05) is 57.3 Å². The quantitative estimate of drug-likeness (QED) is 0.775. The van der Waals surface area contributed by atoms with Gasteiger partial charge in [0.25, 0.3) is 0 Å². The minimum atomic E-state index is 0.172. The van der Waals surface area contributed by atoms with E-state index in [0.29, 0.717) is 24.9 Å². The van der Waals surface area contributed by atoms with E-state index in [1.165, 1.54) is 0 Å². The van der Waals surface area contributed by atoms with E-state index >= 15 is 0 Å². The molecule has 0 aliphatic carbocycles. The molecule has 0 aromatic heterocycles. The Morgan fingerprint density at radius 1 is 1.29 bits per heavy atom. The Labute approximate surface area is 144 Å². The van der Waals surface area contributed by atoms with Crippen LogP contribution in [0.1, 0.15) is 32.6 Å². The first-order valence-corrected chi connectivity index (χ1v) is 9.09. The Kier molecular flexibility index (Phi) is 5.38. The van der Waals surface area contributed by atoms with Gasteiger partial charge in [0.2, 0.25) is 11.8 Å². The molecule has 134 valence electrons. The highest BCUT2D eigenvalue weighted by molar-refractivity contribution is 5.84. The summed E-state index contributed by atoms with van der Waals surface area (Å²) in [5.74, 6) is 0.861. The standard InChI is InChI=1S/C17H29N5O2/c1-13-5-9-21(19-13)12-17(24)20-8-6-15-14(11-20)3-4-16(23)22(15)10-7-18-2/h14-15,18H,3-12H2,1-2H3/t14-,15+/m0/s1. The first-order valence-electron chi connectivity index (χ1n) is 9.09. The molecule has 3 aliphatic heterocycles. The van der Waals surface area contributed by atoms with Crippen LogP contribution in [0.2, 0.25) is 0 Å². The molecule has 0 aromatic rings. The highest BCUT2D eigenvalue weighted by atomic mass is 16.2. The van der Waals surface area contributed by atoms with E-state index in [1.54, 1.807) is 0 Å². The molecule has 0 bridgehead atoms. The summed E-state index contributed by atoms with van der Waals surface area (Å²) in [6, 6.07) is 0.302. The fourth-order valence-electron chi connectivity index (χ4n) is 4.10. The number of hydrogen-bond donors (Lipinski definition) is 1. The van der Waals surface area contributed by atoms with Crippen molar-refractivity contribution in [3.05, 3.63) is 0 Å². The SMILES string of the molecule is CNCCN1C(=O)CC[C@H]2CN(C(=O)CN3CCC(C)=N3)CC[C@H]21. The van der Waals surface area contributed by atoms with Gasteiger partial charge in [-0.2, -0.15) is 5.10 Å². The van der Waals surface area contributed by atoms with Crippen molar-refractivity contribution in [2.75, 3.05) is 46.3 Å². The van der Waals surface area contributed by atoms with Gasteiger partial charge in [-0.1, -0.05) is 0 Å². The number of rotatable bonds is 5. The van der Waals surface area contributed by atoms with Crippen LogP contribution in [0.3, 0.4) is 0 Å². The summed E-state index contributed by atoms with van der Waals surface area (Å²) in [5.41, 5.74) is 1.10. The Morgan fingerprint density at radius 3 is 2.83 bits per heavy atom. The molecule has 2 saturated heterocycles. The topological polar surface area (TPSA) is 68.2 Å². The van der Waals surface area contributed by atoms with Crippen LogP contribution >= 0.6 is 0 Å². The molecular formula is C17H29N5O2. The molecule has 7 nitrogen and oxygen atoms in total. The number of likely N-dealkylation sites (N-methyl/N-ethyl adjacent to an activating group) is 1. The molecule has 0 spiro atoms. The summed E-state index contributed by atoms with van der Waals surface area (Å²) >= 11 is 0. The Hall–Kier alpha value is -1.63. The van der Waals surface area contributed by atoms with Gasteiger partial charge in [0.1, 0.15) is 6.54 Å². The fraction of sp³-hybridized carbons (Fsp3) is 0.824. The van der Waals surface area contributed by atoms with E-state index in [-0.39, 0.29) is 11.8 Å². The molecule has 2 fully saturated rings. The van der Waals surface area contributed by atoms with Gasteiger partial charge < -0.3 is 15.1 Å². The van der Waals surface area contributed by atoms with Crippen LogP contribution in [-0.4, -0.2) is 84.7 Å². The minimum Gasteiger partial charge on any atom is -0.341 e. The van der Waals surface area contributed by atoms with E-state index in [1.807, 2.05) is 28.8 Å². The zero-order valence-electron chi connectivity index (χ0n) is 14.8. The maximum absolute atomic E-state index is 12.6. The van der Waals surface area contributed by atoms with Crippen LogP contribution < -0.4 is 5.32 Å². The van der Waals surface area contributed by atoms with Crippen molar-refractivity contribution >= 4 is 17.5 Å². The van der Waals surface area contributed by atoms with Crippen molar-refractivity contribution < 1.29 is 9.59 Å². The van der Waals surface area contributed by atoms with E-state index in [9.17, 15) is 9.59 Å². The summed E-state index contributed by atoms with van der Waals surface area (Å²) in [4.78, 5) is 28.8. The second kappa shape index (κ2) is 7.51. The molecule has 3 aliphatic rings. The van der Waals surface area contributed by atoms with Crippen molar-refractivity contribution in [2.24, 2.45) is 11.0 Å². The van der Waals surface area contributed by atoms with E-state index < -0.39 is 0 Å². The number of carbonyl (C=O) groups is 2. The zero-order chi connectivity index (χ0) is 17.1. The predicted octanol–water partition coefficient (Wildman–Crippen LogP) is 0.127. The lowest BCUT2D eigenvalue weighted by Gasteiger charge is -2.47. The first kappa shape index (κ1) is 17.2. The lowest BCUT2D eigenvalue weighted by Crippen LogP contribution is -2.58. The second-order valence-corrected chi connectivity index (χ2v) is 7.16. The zero-order valence-corrected chi connectivity index (χ0v) is 14.8. The normalized spacial score (nSPS) is 27.3. The number of amides is 2. The number of carbonyl (C=O) groups excluding carboxylic acids is 2. The van der Waals surface area contributed by atoms with Crippen LogP contribution in [0.5, 0.6) is 0 Å². The van der Waals surface area contributed by atoms with E-state index in [0.717, 1.165) is 57.7 Å². The summed E-state index contributed by atoms with van der Waals surface area (Å²) in [7, 11) is 1.91. The molecule has 24 heavy (non-hydrogen) atoms. The highest BCUT2D eigenvalue weighted by Gasteiger charge is 2.40. The average Bonchev–Trinajstić information content (AvgIpc) is 2.98. The molecule has 3 heterocycles. The molecule has 0 aromatic carbocycles. The van der Waals surface area contributed by atoms with Gasteiger partial charge in [0.05, 0.1) is 0 Å². The smallest absolute Gasteiger partial charge is 0.243 e. The molecule has 2 amide bonds. The summed E-state index contributed by atoms with van der Waals surface area (Å²) < 4.78 is 0. The Morgan fingerprint density at radius 2 is 2.12 bits per heavy atom. The van der Waals surface area contributed by atoms with E-state index in [2.05, 4.69) is 10.4 Å². The van der Waals surface area contributed by atoms with Crippen LogP contribution in [0.4, 0.5) is 0 Å². The van der Waals surface area contributed by atoms with Gasteiger partial charge >= 0.3 is 0 Å². The fourth-order valence-corrected chi connectivity index (χ4v) is 4.10. The Balaban J connectivity index is 1.56. The van der Waals surface area contributed by atoms with E-state index in [4.69, 9.17) is 0 Å². The first-order chi connectivity index (χ1) is 11.6. The van der Waals surface area contributed by atoms with Crippen molar-refractivity contribution in [1.82, 2.24) is 20.1 Å². The third-order valence-corrected chi connectivity index (χ3v) is 5.46. The molecule has 1 N–H and O–H groups in total. The predicted molar refractivity (Wildman–Crippen MR) is 92.6 cm³/mol. The van der Waals surface area contributed by atoms with Crippen molar-refractivity contribution in [2.45, 2.75) is 38.6 Å². The van der Waals surface area contributed by atoms with Crippen molar-refractivity contribution in [3.8, 4) is 0 Å². The number of hydrazone groups is 1. The maximum atomic E-state index is 12.6. The van der Waals surface area contributed by atoms with Gasteiger partial charge in [-0.25, -0.2) is 0 Å². The minimum absolute atomic E-state index is 0.172. The lowest BCUT2D eigenvalue weighted by molar-refractivity contribution is -0.144. The monoisotopic (exact) mass is 335 g/mol. The Bertz CT molecular complexity index is 521. The summed E-state index contributed by atoms with van der Waals surface area (Å²) in [5, 5.41) is 9.41. The van der Waals surface area contributed by atoms with Gasteiger partial charge in [0.15, 0.2) is 0 Å². The van der Waals surface area contributed by atoms with Gasteiger partial charge in [-0.3, -0.25) is 14.6 Å². The summed E-state index contributed by atoms with van der Waals surface area (Å²) in [6.07, 6.45) is 3.38. The largest absolute Gasteiger partial charge is 0.341 e. The van der Waals surface area contributed by atoms with Crippen molar-refractivity contribution in [1.29, 1.82) is 0 Å². The molecule has 0 saturated carbocycles. The second-order valence-electron chi connectivity index (χ2n) is 7.16. The number of piperidine rings is 2. The molecular weight excluding hydrogens is 306 g/mol. The number of likely N-dealkylation sites (tertiary alicyclic amines) is 2. The van der Waals surface area contributed by atoms with Gasteiger partial charge in [-0.05, 0) is 32.7 Å². The van der Waals surface area contributed by atoms with Crippen LogP contribution in [0, 0.1) is 5.92 Å². The third-order valence-electron chi connectivity index (χ3n) is 5.46. The number of nitrogens with zero attached hydrogens (tertiary/aromatic N) is 4. The van der Waals surface area contributed by atoms with Crippen molar-refractivity contribution in [3.63, 3.8) is 0 Å². The lowest BCUT2D eigenvalue weighted by atomic mass is 9.83. The maximum Gasteiger partial charge on any atom is 0.243 e. The van der Waals surface area contributed by atoms with Crippen LogP contribution in [0.25, 0.3) is 0 Å². The molecule has 0 radical (unpaired) electrons. The average molecular weight is 335 g/mol. The van der Waals surface area contributed by atoms with Gasteiger partial charge in [-0.15, -0.1) is 0 Å². The highest BCUT2D eigenvalue weighted by Crippen LogP contribution is 2.31. The molecule has 2 atom stereocenters. The molecule has 3 rings (SSSR count). The number of hydrogen-bond acceptors (Lipinski definition) is 5. The summed E-state index contributed by atoms with van der Waals surface area (Å²) in [6.45, 7) is 6.37. The van der Waals surface area contributed by atoms with Crippen LogP contribution in [0.15, 0.2) is 5.10 Å².